The Morgan fingerprint density at radius 2 is 1.70 bits per heavy atom. The van der Waals surface area contributed by atoms with Crippen molar-refractivity contribution < 1.29 is 19.1 Å². The van der Waals surface area contributed by atoms with Crippen molar-refractivity contribution in [1.82, 2.24) is 20.2 Å². The highest BCUT2D eigenvalue weighted by atomic mass is 32.2. The number of nitrogens with zero attached hydrogens (tertiary/aromatic N) is 4. The van der Waals surface area contributed by atoms with Crippen molar-refractivity contribution in [3.05, 3.63) is 107 Å². The molecule has 0 aliphatic carbocycles. The molecule has 0 bridgehead atoms. The average molecular weight is 516 g/mol. The van der Waals surface area contributed by atoms with Gasteiger partial charge in [0.2, 0.25) is 0 Å². The lowest BCUT2D eigenvalue weighted by molar-refractivity contribution is 0.0600. The zero-order valence-electron chi connectivity index (χ0n) is 20.3. The van der Waals surface area contributed by atoms with Gasteiger partial charge in [0.25, 0.3) is 5.91 Å². The molecule has 0 unspecified atom stereocenters. The van der Waals surface area contributed by atoms with E-state index in [9.17, 15) is 9.59 Å². The Morgan fingerprint density at radius 3 is 2.41 bits per heavy atom. The molecule has 37 heavy (non-hydrogen) atoms. The summed E-state index contributed by atoms with van der Waals surface area (Å²) >= 11 is 1.57. The molecular weight excluding hydrogens is 490 g/mol. The third kappa shape index (κ3) is 7.05. The van der Waals surface area contributed by atoms with Gasteiger partial charge in [-0.25, -0.2) is 10.2 Å². The van der Waals surface area contributed by atoms with Crippen LogP contribution in [0.15, 0.2) is 89.4 Å². The zero-order valence-corrected chi connectivity index (χ0v) is 21.1. The first-order valence-electron chi connectivity index (χ1n) is 11.3. The first-order chi connectivity index (χ1) is 18.0. The van der Waals surface area contributed by atoms with Crippen LogP contribution in [0.4, 0.5) is 0 Å². The van der Waals surface area contributed by atoms with Gasteiger partial charge >= 0.3 is 5.97 Å². The zero-order chi connectivity index (χ0) is 26.0. The van der Waals surface area contributed by atoms with E-state index in [2.05, 4.69) is 20.7 Å². The summed E-state index contributed by atoms with van der Waals surface area (Å²) in [6.07, 6.45) is 3.20. The van der Waals surface area contributed by atoms with Crippen molar-refractivity contribution in [1.29, 1.82) is 0 Å². The predicted octanol–water partition coefficient (Wildman–Crippen LogP) is 4.24. The molecule has 0 aliphatic rings. The number of benzene rings is 3. The Hall–Kier alpha value is -4.44. The Kier molecular flexibility index (Phi) is 8.66. The lowest BCUT2D eigenvalue weighted by Gasteiger charge is -2.09. The smallest absolute Gasteiger partial charge is 0.337 e. The Morgan fingerprint density at radius 1 is 1.00 bits per heavy atom. The van der Waals surface area contributed by atoms with Crippen molar-refractivity contribution in [2.45, 2.75) is 17.5 Å². The summed E-state index contributed by atoms with van der Waals surface area (Å²) in [7, 11) is 3.24. The molecule has 0 fully saturated rings. The molecule has 1 aromatic heterocycles. The molecule has 1 amide bonds. The fraction of sp³-hybridized carbons (Fsp3) is 0.148. The number of thioether (sulfide) groups is 1. The van der Waals surface area contributed by atoms with Crippen molar-refractivity contribution in [3.8, 4) is 5.75 Å². The summed E-state index contributed by atoms with van der Waals surface area (Å²) in [6, 6.07) is 21.7. The van der Waals surface area contributed by atoms with Crippen molar-refractivity contribution in [2.75, 3.05) is 7.11 Å². The van der Waals surface area contributed by atoms with Gasteiger partial charge in [-0.1, -0.05) is 48.2 Å². The van der Waals surface area contributed by atoms with Gasteiger partial charge in [0.05, 0.1) is 18.9 Å². The third-order valence-corrected chi connectivity index (χ3v) is 6.42. The van der Waals surface area contributed by atoms with Gasteiger partial charge in [-0.05, 0) is 47.5 Å². The number of aromatic nitrogens is 3. The molecular formula is C27H25N5O4S. The molecule has 0 aliphatic heterocycles. The second-order valence-corrected chi connectivity index (χ2v) is 8.87. The van der Waals surface area contributed by atoms with E-state index < -0.39 is 0 Å². The SMILES string of the molecule is COC(=O)c1ccc(COc2ccccc2/C=N/NC(=O)c2ccc(CSc3nncn3C)cc2)cc1. The lowest BCUT2D eigenvalue weighted by atomic mass is 10.1. The molecule has 1 heterocycles. The van der Waals surface area contributed by atoms with Gasteiger partial charge in [-0.15, -0.1) is 10.2 Å². The van der Waals surface area contributed by atoms with Gasteiger partial charge < -0.3 is 14.0 Å². The second kappa shape index (κ2) is 12.5. The molecule has 4 aromatic rings. The molecule has 0 atom stereocenters. The highest BCUT2D eigenvalue weighted by Gasteiger charge is 2.08. The highest BCUT2D eigenvalue weighted by molar-refractivity contribution is 7.98. The number of rotatable bonds is 10. The maximum atomic E-state index is 12.5. The van der Waals surface area contributed by atoms with Crippen LogP contribution in [0.25, 0.3) is 0 Å². The van der Waals surface area contributed by atoms with Gasteiger partial charge in [0, 0.05) is 23.9 Å². The van der Waals surface area contributed by atoms with E-state index >= 15 is 0 Å². The molecule has 0 spiro atoms. The van der Waals surface area contributed by atoms with Crippen LogP contribution in [0.2, 0.25) is 0 Å². The second-order valence-electron chi connectivity index (χ2n) is 7.92. The lowest BCUT2D eigenvalue weighted by Crippen LogP contribution is -2.17. The molecule has 3 aromatic carbocycles. The number of hydrogen-bond acceptors (Lipinski definition) is 8. The molecule has 10 heteroatoms. The fourth-order valence-electron chi connectivity index (χ4n) is 3.26. The van der Waals surface area contributed by atoms with Crippen LogP contribution in [-0.2, 0) is 24.1 Å². The number of ether oxygens (including phenoxy) is 2. The van der Waals surface area contributed by atoms with E-state index in [1.54, 1.807) is 48.6 Å². The molecule has 0 saturated heterocycles. The van der Waals surface area contributed by atoms with E-state index in [0.717, 1.165) is 22.0 Å². The first-order valence-corrected chi connectivity index (χ1v) is 12.3. The molecule has 188 valence electrons. The van der Waals surface area contributed by atoms with Gasteiger partial charge in [0.15, 0.2) is 5.16 Å². The minimum absolute atomic E-state index is 0.306. The van der Waals surface area contributed by atoms with Crippen LogP contribution in [0, 0.1) is 0 Å². The number of nitrogens with one attached hydrogen (secondary N) is 1. The molecule has 0 radical (unpaired) electrons. The largest absolute Gasteiger partial charge is 0.488 e. The van der Waals surface area contributed by atoms with E-state index in [4.69, 9.17) is 9.47 Å². The summed E-state index contributed by atoms with van der Waals surface area (Å²) in [6.45, 7) is 0.306. The standard InChI is InChI=1S/C27H25N5O4S/c1-32-18-29-31-27(32)37-17-20-9-11-21(12-10-20)25(33)30-28-15-23-5-3-4-6-24(23)36-16-19-7-13-22(14-8-19)26(34)35-2/h3-15,18H,16-17H2,1-2H3,(H,30,33)/b28-15+. The normalized spacial score (nSPS) is 10.9. The van der Waals surface area contributed by atoms with E-state index in [1.807, 2.05) is 60.1 Å². The highest BCUT2D eigenvalue weighted by Crippen LogP contribution is 2.20. The maximum absolute atomic E-state index is 12.5. The summed E-state index contributed by atoms with van der Waals surface area (Å²) < 4.78 is 12.5. The number of esters is 1. The van der Waals surface area contributed by atoms with E-state index in [1.165, 1.54) is 7.11 Å². The molecule has 1 N–H and O–H groups in total. The van der Waals surface area contributed by atoms with Gasteiger partial charge in [0.1, 0.15) is 18.7 Å². The predicted molar refractivity (Wildman–Crippen MR) is 141 cm³/mol. The number of amides is 1. The van der Waals surface area contributed by atoms with Crippen molar-refractivity contribution in [3.63, 3.8) is 0 Å². The Labute approximate surface area is 218 Å². The van der Waals surface area contributed by atoms with Crippen molar-refractivity contribution >= 4 is 29.9 Å². The Bertz CT molecular complexity index is 1380. The number of aryl methyl sites for hydroxylation is 1. The molecule has 4 rings (SSSR count). The summed E-state index contributed by atoms with van der Waals surface area (Å²) in [5.74, 6) is 0.637. The van der Waals surface area contributed by atoms with Gasteiger partial charge in [-0.3, -0.25) is 4.79 Å². The fourth-order valence-corrected chi connectivity index (χ4v) is 4.11. The minimum Gasteiger partial charge on any atom is -0.488 e. The van der Waals surface area contributed by atoms with Crippen LogP contribution in [0.1, 0.15) is 37.4 Å². The quantitative estimate of drug-likeness (QED) is 0.146. The summed E-state index contributed by atoms with van der Waals surface area (Å²) in [4.78, 5) is 24.1. The minimum atomic E-state index is -0.385. The maximum Gasteiger partial charge on any atom is 0.337 e. The topological polar surface area (TPSA) is 108 Å². The van der Waals surface area contributed by atoms with E-state index in [-0.39, 0.29) is 11.9 Å². The number of para-hydroxylation sites is 1. The van der Waals surface area contributed by atoms with Crippen molar-refractivity contribution in [2.24, 2.45) is 12.1 Å². The number of methoxy groups -OCH3 is 1. The third-order valence-electron chi connectivity index (χ3n) is 5.31. The average Bonchev–Trinajstić information content (AvgIpc) is 3.35. The number of hydrazone groups is 1. The monoisotopic (exact) mass is 515 g/mol. The van der Waals surface area contributed by atoms with Crippen LogP contribution in [0.5, 0.6) is 5.75 Å². The van der Waals surface area contributed by atoms with Crippen LogP contribution >= 0.6 is 11.8 Å². The molecule has 9 nitrogen and oxygen atoms in total. The van der Waals surface area contributed by atoms with Crippen LogP contribution < -0.4 is 10.2 Å². The van der Waals surface area contributed by atoms with Crippen LogP contribution in [-0.4, -0.2) is 40.0 Å². The molecule has 0 saturated carbocycles. The summed E-state index contributed by atoms with van der Waals surface area (Å²) in [5.41, 5.74) is 6.21. The number of hydrogen-bond donors (Lipinski definition) is 1. The number of carbonyl (C=O) groups is 2. The van der Waals surface area contributed by atoms with E-state index in [0.29, 0.717) is 29.0 Å². The van der Waals surface area contributed by atoms with Crippen LogP contribution in [0.3, 0.4) is 0 Å². The Balaban J connectivity index is 1.30. The summed E-state index contributed by atoms with van der Waals surface area (Å²) in [5, 5.41) is 12.8. The first kappa shape index (κ1) is 25.6. The van der Waals surface area contributed by atoms with Gasteiger partial charge in [-0.2, -0.15) is 5.10 Å². The number of carbonyl (C=O) groups excluding carboxylic acids is 2.